The first-order chi connectivity index (χ1) is 10.8. The van der Waals surface area contributed by atoms with Gasteiger partial charge < -0.3 is 14.4 Å². The normalized spacial score (nSPS) is 28.8. The monoisotopic (exact) mass is 302 g/mol. The Bertz CT molecular complexity index is 557. The molecule has 0 radical (unpaired) electrons. The molecule has 0 N–H and O–H groups in total. The van der Waals surface area contributed by atoms with E-state index in [1.165, 1.54) is 18.4 Å². The highest BCUT2D eigenvalue weighted by atomic mass is 16.6. The Morgan fingerprint density at radius 1 is 1.23 bits per heavy atom. The smallest absolute Gasteiger partial charge is 0.258 e. The second kappa shape index (κ2) is 5.99. The summed E-state index contributed by atoms with van der Waals surface area (Å²) < 4.78 is 11.0. The maximum atomic E-state index is 13.0. The van der Waals surface area contributed by atoms with Crippen molar-refractivity contribution in [3.05, 3.63) is 29.8 Å². The average Bonchev–Trinajstić information content (AvgIpc) is 2.94. The van der Waals surface area contributed by atoms with Gasteiger partial charge in [0.15, 0.2) is 6.10 Å². The summed E-state index contributed by atoms with van der Waals surface area (Å²) in [6.07, 6.45) is 1.92. The van der Waals surface area contributed by atoms with Crippen LogP contribution in [-0.4, -0.2) is 55.9 Å². The molecule has 22 heavy (non-hydrogen) atoms. The van der Waals surface area contributed by atoms with Crippen LogP contribution in [0.1, 0.15) is 18.4 Å². The zero-order valence-electron chi connectivity index (χ0n) is 12.7. The van der Waals surface area contributed by atoms with E-state index in [0.29, 0.717) is 25.9 Å². The topological polar surface area (TPSA) is 42.0 Å². The number of hydrogen-bond acceptors (Lipinski definition) is 4. The minimum atomic E-state index is -0.463. The van der Waals surface area contributed by atoms with Gasteiger partial charge >= 0.3 is 0 Å². The molecule has 0 aromatic heterocycles. The Morgan fingerprint density at radius 3 is 3.00 bits per heavy atom. The van der Waals surface area contributed by atoms with E-state index in [1.54, 1.807) is 0 Å². The Hall–Kier alpha value is -1.43. The average molecular weight is 302 g/mol. The molecule has 118 valence electrons. The Kier molecular flexibility index (Phi) is 3.86. The lowest BCUT2D eigenvalue weighted by molar-refractivity contribution is -0.144. The fraction of sp³-hybridized carbons (Fsp3) is 0.588. The maximum Gasteiger partial charge on any atom is 0.258 e. The van der Waals surface area contributed by atoms with Crippen LogP contribution in [0.15, 0.2) is 24.3 Å². The van der Waals surface area contributed by atoms with Gasteiger partial charge in [0.25, 0.3) is 5.91 Å². The second-order valence-corrected chi connectivity index (χ2v) is 6.28. The molecule has 2 unspecified atom stereocenters. The molecule has 5 nitrogen and oxygen atoms in total. The molecule has 1 aromatic rings. The van der Waals surface area contributed by atoms with Gasteiger partial charge in [0.1, 0.15) is 0 Å². The molecule has 3 aliphatic rings. The summed E-state index contributed by atoms with van der Waals surface area (Å²) in [5.74, 6) is 0.0425. The van der Waals surface area contributed by atoms with Crippen LogP contribution >= 0.6 is 0 Å². The molecule has 2 fully saturated rings. The van der Waals surface area contributed by atoms with Gasteiger partial charge in [-0.15, -0.1) is 0 Å². The highest BCUT2D eigenvalue weighted by Gasteiger charge is 2.36. The van der Waals surface area contributed by atoms with E-state index >= 15 is 0 Å². The van der Waals surface area contributed by atoms with Gasteiger partial charge in [-0.2, -0.15) is 0 Å². The van der Waals surface area contributed by atoms with E-state index in [9.17, 15) is 4.79 Å². The summed E-state index contributed by atoms with van der Waals surface area (Å²) in [7, 11) is 0. The highest BCUT2D eigenvalue weighted by molar-refractivity contribution is 5.97. The van der Waals surface area contributed by atoms with E-state index in [1.807, 2.05) is 11.0 Å². The number of fused-ring (bicyclic) bond motifs is 2. The van der Waals surface area contributed by atoms with Crippen LogP contribution in [0.5, 0.6) is 0 Å². The van der Waals surface area contributed by atoms with Crippen molar-refractivity contribution < 1.29 is 14.3 Å². The zero-order valence-corrected chi connectivity index (χ0v) is 12.7. The first-order valence-corrected chi connectivity index (χ1v) is 8.15. The van der Waals surface area contributed by atoms with E-state index in [-0.39, 0.29) is 5.91 Å². The molecule has 3 heterocycles. The molecular formula is C17H22N2O3. The molecule has 2 saturated heterocycles. The van der Waals surface area contributed by atoms with Crippen LogP contribution in [0.2, 0.25) is 0 Å². The van der Waals surface area contributed by atoms with Crippen LogP contribution in [-0.2, 0) is 20.8 Å². The summed E-state index contributed by atoms with van der Waals surface area (Å²) in [4.78, 5) is 17.4. The predicted octanol–water partition coefficient (Wildman–Crippen LogP) is 1.41. The van der Waals surface area contributed by atoms with Gasteiger partial charge in [0, 0.05) is 24.8 Å². The van der Waals surface area contributed by atoms with Crippen molar-refractivity contribution in [1.82, 2.24) is 4.90 Å². The van der Waals surface area contributed by atoms with Gasteiger partial charge in [0.2, 0.25) is 0 Å². The quantitative estimate of drug-likeness (QED) is 0.787. The van der Waals surface area contributed by atoms with Crippen molar-refractivity contribution in [2.45, 2.75) is 31.5 Å². The van der Waals surface area contributed by atoms with Gasteiger partial charge in [-0.25, -0.2) is 0 Å². The van der Waals surface area contributed by atoms with Crippen LogP contribution in [0.4, 0.5) is 5.69 Å². The predicted molar refractivity (Wildman–Crippen MR) is 82.8 cm³/mol. The molecule has 0 saturated carbocycles. The maximum absolute atomic E-state index is 13.0. The number of rotatable bonds is 1. The van der Waals surface area contributed by atoms with Crippen molar-refractivity contribution in [2.24, 2.45) is 0 Å². The number of anilines is 1. The summed E-state index contributed by atoms with van der Waals surface area (Å²) in [5.41, 5.74) is 2.27. The Morgan fingerprint density at radius 2 is 2.14 bits per heavy atom. The number of para-hydroxylation sites is 1. The molecular weight excluding hydrogens is 280 g/mol. The fourth-order valence-electron chi connectivity index (χ4n) is 3.76. The van der Waals surface area contributed by atoms with E-state index in [2.05, 4.69) is 23.1 Å². The summed E-state index contributed by atoms with van der Waals surface area (Å²) in [6.45, 7) is 4.27. The standard InChI is InChI=1S/C17H22N2O3/c20-17(16-12-21-8-9-22-16)19-11-14-5-3-7-18(14)10-13-4-1-2-6-15(13)19/h1-2,4,6,14,16H,3,5,7-12H2. The third-order valence-electron chi connectivity index (χ3n) is 4.91. The van der Waals surface area contributed by atoms with Crippen LogP contribution in [0, 0.1) is 0 Å². The van der Waals surface area contributed by atoms with Crippen molar-refractivity contribution in [3.63, 3.8) is 0 Å². The number of amides is 1. The lowest BCUT2D eigenvalue weighted by Gasteiger charge is -2.31. The molecule has 0 bridgehead atoms. The van der Waals surface area contributed by atoms with Gasteiger partial charge in [-0.3, -0.25) is 9.69 Å². The number of benzene rings is 1. The number of carbonyl (C=O) groups excluding carboxylic acids is 1. The van der Waals surface area contributed by atoms with Gasteiger partial charge in [-0.05, 0) is 31.0 Å². The molecule has 5 heteroatoms. The van der Waals surface area contributed by atoms with Gasteiger partial charge in [0.05, 0.1) is 19.8 Å². The summed E-state index contributed by atoms with van der Waals surface area (Å²) in [5, 5.41) is 0. The molecule has 3 aliphatic heterocycles. The summed E-state index contributed by atoms with van der Waals surface area (Å²) >= 11 is 0. The molecule has 4 rings (SSSR count). The van der Waals surface area contributed by atoms with Crippen LogP contribution in [0.25, 0.3) is 0 Å². The number of hydrogen-bond donors (Lipinski definition) is 0. The minimum absolute atomic E-state index is 0.0425. The fourth-order valence-corrected chi connectivity index (χ4v) is 3.76. The number of nitrogens with zero attached hydrogens (tertiary/aromatic N) is 2. The number of ether oxygens (including phenoxy) is 2. The first kappa shape index (κ1) is 14.2. The van der Waals surface area contributed by atoms with Crippen molar-refractivity contribution >= 4 is 11.6 Å². The highest BCUT2D eigenvalue weighted by Crippen LogP contribution is 2.32. The molecule has 2 atom stereocenters. The second-order valence-electron chi connectivity index (χ2n) is 6.28. The number of carbonyl (C=O) groups is 1. The van der Waals surface area contributed by atoms with E-state index < -0.39 is 6.10 Å². The third kappa shape index (κ3) is 2.53. The van der Waals surface area contributed by atoms with Gasteiger partial charge in [-0.1, -0.05) is 18.2 Å². The molecule has 1 aromatic carbocycles. The van der Waals surface area contributed by atoms with Crippen LogP contribution in [0.3, 0.4) is 0 Å². The van der Waals surface area contributed by atoms with E-state index in [4.69, 9.17) is 9.47 Å². The largest absolute Gasteiger partial charge is 0.376 e. The van der Waals surface area contributed by atoms with Crippen LogP contribution < -0.4 is 4.90 Å². The lowest BCUT2D eigenvalue weighted by atomic mass is 10.1. The zero-order chi connectivity index (χ0) is 14.9. The SMILES string of the molecule is O=C(C1COCCO1)N1CC2CCCN2Cc2ccccc21. The lowest BCUT2D eigenvalue weighted by Crippen LogP contribution is -2.48. The molecule has 0 aliphatic carbocycles. The summed E-state index contributed by atoms with van der Waals surface area (Å²) in [6, 6.07) is 8.71. The Labute approximate surface area is 130 Å². The van der Waals surface area contributed by atoms with Crippen molar-refractivity contribution in [1.29, 1.82) is 0 Å². The third-order valence-corrected chi connectivity index (χ3v) is 4.91. The minimum Gasteiger partial charge on any atom is -0.376 e. The Balaban J connectivity index is 1.65. The van der Waals surface area contributed by atoms with Crippen molar-refractivity contribution in [3.8, 4) is 0 Å². The first-order valence-electron chi connectivity index (χ1n) is 8.15. The van der Waals surface area contributed by atoms with E-state index in [0.717, 1.165) is 25.3 Å². The molecule has 1 amide bonds. The molecule has 0 spiro atoms. The van der Waals surface area contributed by atoms with Crippen molar-refractivity contribution in [2.75, 3.05) is 37.8 Å².